The zero-order valence-corrected chi connectivity index (χ0v) is 9.13. The summed E-state index contributed by atoms with van der Waals surface area (Å²) in [5.74, 6) is -1.67. The molecule has 0 saturated carbocycles. The van der Waals surface area contributed by atoms with Gasteiger partial charge in [-0.3, -0.25) is 14.4 Å². The average molecular weight is 235 g/mol. The first-order valence-corrected chi connectivity index (χ1v) is 5.34. The van der Waals surface area contributed by atoms with Crippen LogP contribution in [0.4, 0.5) is 0 Å². The zero-order valence-electron chi connectivity index (χ0n) is 8.32. The standard InChI is InChI=1S/C8H13NO5S/c1-14-8(13)2-3-9-6(10)4-15-5-7(11)12/h2-5H2,1H3,(H,9,10)(H,11,12). The Bertz CT molecular complexity index is 243. The molecule has 0 fully saturated rings. The van der Waals surface area contributed by atoms with Gasteiger partial charge in [0, 0.05) is 6.54 Å². The molecule has 0 unspecified atom stereocenters. The molecule has 0 aromatic rings. The van der Waals surface area contributed by atoms with Crippen molar-refractivity contribution in [3.63, 3.8) is 0 Å². The van der Waals surface area contributed by atoms with Crippen LogP contribution in [-0.4, -0.2) is 48.1 Å². The number of carboxylic acids is 1. The van der Waals surface area contributed by atoms with E-state index in [2.05, 4.69) is 10.1 Å². The molecule has 0 aromatic heterocycles. The highest BCUT2D eigenvalue weighted by Gasteiger charge is 2.05. The largest absolute Gasteiger partial charge is 0.481 e. The van der Waals surface area contributed by atoms with Gasteiger partial charge in [-0.25, -0.2) is 0 Å². The van der Waals surface area contributed by atoms with Crippen LogP contribution < -0.4 is 5.32 Å². The number of hydrogen-bond acceptors (Lipinski definition) is 5. The lowest BCUT2D eigenvalue weighted by atomic mass is 10.4. The van der Waals surface area contributed by atoms with Gasteiger partial charge in [-0.15, -0.1) is 11.8 Å². The van der Waals surface area contributed by atoms with Gasteiger partial charge in [0.15, 0.2) is 0 Å². The third-order valence-corrected chi connectivity index (χ3v) is 2.26. The number of thioether (sulfide) groups is 1. The first-order chi connectivity index (χ1) is 7.06. The second-order valence-electron chi connectivity index (χ2n) is 2.56. The second kappa shape index (κ2) is 8.10. The summed E-state index contributed by atoms with van der Waals surface area (Å²) >= 11 is 1.01. The molecule has 0 atom stereocenters. The van der Waals surface area contributed by atoms with E-state index in [0.29, 0.717) is 0 Å². The number of rotatable bonds is 7. The Morgan fingerprint density at radius 1 is 1.33 bits per heavy atom. The van der Waals surface area contributed by atoms with Crippen LogP contribution in [0.5, 0.6) is 0 Å². The molecule has 7 heteroatoms. The number of carbonyl (C=O) groups is 3. The monoisotopic (exact) mass is 235 g/mol. The fraction of sp³-hybridized carbons (Fsp3) is 0.625. The number of esters is 1. The number of hydrogen-bond donors (Lipinski definition) is 2. The second-order valence-corrected chi connectivity index (χ2v) is 3.55. The number of aliphatic carboxylic acids is 1. The molecule has 0 rings (SSSR count). The van der Waals surface area contributed by atoms with Crippen molar-refractivity contribution in [2.45, 2.75) is 6.42 Å². The maximum atomic E-state index is 11.0. The molecule has 0 aromatic carbocycles. The highest BCUT2D eigenvalue weighted by Crippen LogP contribution is 1.97. The summed E-state index contributed by atoms with van der Waals surface area (Å²) in [6.07, 6.45) is 0.117. The third kappa shape index (κ3) is 9.07. The van der Waals surface area contributed by atoms with E-state index < -0.39 is 11.9 Å². The van der Waals surface area contributed by atoms with Crippen LogP contribution in [0.3, 0.4) is 0 Å². The maximum absolute atomic E-state index is 11.0. The predicted molar refractivity (Wildman–Crippen MR) is 54.6 cm³/mol. The zero-order chi connectivity index (χ0) is 11.7. The van der Waals surface area contributed by atoms with Crippen LogP contribution in [0.1, 0.15) is 6.42 Å². The molecule has 15 heavy (non-hydrogen) atoms. The van der Waals surface area contributed by atoms with Gasteiger partial charge in [-0.1, -0.05) is 0 Å². The van der Waals surface area contributed by atoms with E-state index in [0.717, 1.165) is 11.8 Å². The quantitative estimate of drug-likeness (QED) is 0.577. The van der Waals surface area contributed by atoms with Crippen molar-refractivity contribution in [1.29, 1.82) is 0 Å². The summed E-state index contributed by atoms with van der Waals surface area (Å²) in [5, 5.41) is 10.8. The Kier molecular flexibility index (Phi) is 7.43. The van der Waals surface area contributed by atoms with E-state index in [-0.39, 0.29) is 30.4 Å². The van der Waals surface area contributed by atoms with Crippen molar-refractivity contribution < 1.29 is 24.2 Å². The van der Waals surface area contributed by atoms with E-state index in [1.54, 1.807) is 0 Å². The molecule has 0 aliphatic heterocycles. The van der Waals surface area contributed by atoms with Crippen LogP contribution in [0, 0.1) is 0 Å². The van der Waals surface area contributed by atoms with Crippen molar-refractivity contribution in [3.05, 3.63) is 0 Å². The van der Waals surface area contributed by atoms with Crippen molar-refractivity contribution in [2.75, 3.05) is 25.2 Å². The van der Waals surface area contributed by atoms with Crippen LogP contribution in [0.15, 0.2) is 0 Å². The van der Waals surface area contributed by atoms with E-state index in [1.165, 1.54) is 7.11 Å². The Morgan fingerprint density at radius 3 is 2.53 bits per heavy atom. The van der Waals surface area contributed by atoms with Crippen molar-refractivity contribution in [1.82, 2.24) is 5.32 Å². The highest BCUT2D eigenvalue weighted by atomic mass is 32.2. The minimum absolute atomic E-state index is 0.0769. The summed E-state index contributed by atoms with van der Waals surface area (Å²) in [6.45, 7) is 0.207. The molecular weight excluding hydrogens is 222 g/mol. The Labute approximate surface area is 91.4 Å². The summed E-state index contributed by atoms with van der Waals surface area (Å²) < 4.78 is 4.37. The van der Waals surface area contributed by atoms with Gasteiger partial charge in [-0.2, -0.15) is 0 Å². The molecule has 0 bridgehead atoms. The minimum Gasteiger partial charge on any atom is -0.481 e. The molecule has 0 spiro atoms. The molecule has 0 aliphatic carbocycles. The first-order valence-electron chi connectivity index (χ1n) is 4.19. The smallest absolute Gasteiger partial charge is 0.313 e. The van der Waals surface area contributed by atoms with E-state index in [9.17, 15) is 14.4 Å². The van der Waals surface area contributed by atoms with E-state index in [1.807, 2.05) is 0 Å². The van der Waals surface area contributed by atoms with Gasteiger partial charge >= 0.3 is 11.9 Å². The topological polar surface area (TPSA) is 92.7 Å². The molecule has 0 saturated heterocycles. The molecule has 6 nitrogen and oxygen atoms in total. The SMILES string of the molecule is COC(=O)CCNC(=O)CSCC(=O)O. The van der Waals surface area contributed by atoms with Crippen molar-refractivity contribution >= 4 is 29.6 Å². The molecule has 86 valence electrons. The van der Waals surface area contributed by atoms with Crippen LogP contribution in [0.25, 0.3) is 0 Å². The predicted octanol–water partition coefficient (Wildman–Crippen LogP) is -0.516. The third-order valence-electron chi connectivity index (χ3n) is 1.34. The fourth-order valence-corrected chi connectivity index (χ4v) is 1.25. The van der Waals surface area contributed by atoms with Gasteiger partial charge in [-0.05, 0) is 0 Å². The van der Waals surface area contributed by atoms with Gasteiger partial charge < -0.3 is 15.2 Å². The summed E-state index contributed by atoms with van der Waals surface area (Å²) in [5.41, 5.74) is 0. The van der Waals surface area contributed by atoms with Gasteiger partial charge in [0.25, 0.3) is 0 Å². The number of nitrogens with one attached hydrogen (secondary N) is 1. The number of carboxylic acid groups (broad SMARTS) is 1. The van der Waals surface area contributed by atoms with Crippen LogP contribution in [-0.2, 0) is 19.1 Å². The molecular formula is C8H13NO5S. The van der Waals surface area contributed by atoms with Crippen LogP contribution >= 0.6 is 11.8 Å². The number of ether oxygens (including phenoxy) is 1. The average Bonchev–Trinajstić information content (AvgIpc) is 2.17. The lowest BCUT2D eigenvalue weighted by molar-refractivity contribution is -0.140. The Hall–Kier alpha value is -1.24. The maximum Gasteiger partial charge on any atom is 0.313 e. The summed E-state index contributed by atoms with van der Waals surface area (Å²) in [6, 6.07) is 0. The van der Waals surface area contributed by atoms with Crippen molar-refractivity contribution in [2.24, 2.45) is 0 Å². The highest BCUT2D eigenvalue weighted by molar-refractivity contribution is 8.00. The Balaban J connectivity index is 3.41. The lowest BCUT2D eigenvalue weighted by Crippen LogP contribution is -2.28. The van der Waals surface area contributed by atoms with E-state index >= 15 is 0 Å². The normalized spacial score (nSPS) is 9.40. The number of methoxy groups -OCH3 is 1. The number of amides is 1. The van der Waals surface area contributed by atoms with Gasteiger partial charge in [0.2, 0.25) is 5.91 Å². The Morgan fingerprint density at radius 2 is 2.00 bits per heavy atom. The minimum atomic E-state index is -0.956. The van der Waals surface area contributed by atoms with E-state index in [4.69, 9.17) is 5.11 Å². The van der Waals surface area contributed by atoms with Crippen molar-refractivity contribution in [3.8, 4) is 0 Å². The molecule has 2 N–H and O–H groups in total. The van der Waals surface area contributed by atoms with Crippen LogP contribution in [0.2, 0.25) is 0 Å². The first kappa shape index (κ1) is 13.8. The summed E-state index contributed by atoms with van der Waals surface area (Å²) in [4.78, 5) is 31.8. The molecule has 0 aliphatic rings. The number of carbonyl (C=O) groups excluding carboxylic acids is 2. The van der Waals surface area contributed by atoms with Gasteiger partial charge in [0.05, 0.1) is 25.0 Å². The molecule has 0 heterocycles. The molecule has 0 radical (unpaired) electrons. The fourth-order valence-electron chi connectivity index (χ4n) is 0.688. The molecule has 1 amide bonds. The lowest BCUT2D eigenvalue weighted by Gasteiger charge is -2.03. The summed E-state index contributed by atoms with van der Waals surface area (Å²) in [7, 11) is 1.27. The van der Waals surface area contributed by atoms with Gasteiger partial charge in [0.1, 0.15) is 0 Å².